The molecule has 8 nitrogen and oxygen atoms in total. The molecule has 3 heterocycles. The lowest BCUT2D eigenvalue weighted by molar-refractivity contribution is -0.143. The number of thiazole rings is 1. The van der Waals surface area contributed by atoms with Gasteiger partial charge in [0.05, 0.1) is 40.7 Å². The summed E-state index contributed by atoms with van der Waals surface area (Å²) in [6.45, 7) is 5.35. The molecule has 0 radical (unpaired) electrons. The molecular weight excluding hydrogens is 596 g/mol. The highest BCUT2D eigenvalue weighted by Crippen LogP contribution is 2.32. The van der Waals surface area contributed by atoms with Crippen LogP contribution in [0.25, 0.3) is 23.0 Å². The van der Waals surface area contributed by atoms with Crippen molar-refractivity contribution in [3.8, 4) is 22.7 Å². The minimum Gasteiger partial charge on any atom is -0.497 e. The van der Waals surface area contributed by atoms with Crippen LogP contribution in [0.2, 0.25) is 5.02 Å². The van der Waals surface area contributed by atoms with Crippen LogP contribution in [0.15, 0.2) is 106 Å². The van der Waals surface area contributed by atoms with E-state index >= 15 is 0 Å². The minimum absolute atomic E-state index is 0.272. The lowest BCUT2D eigenvalue weighted by Crippen LogP contribution is -2.40. The van der Waals surface area contributed by atoms with Crippen molar-refractivity contribution >= 4 is 35.0 Å². The van der Waals surface area contributed by atoms with Crippen LogP contribution < -0.4 is 19.6 Å². The molecule has 0 spiro atoms. The van der Waals surface area contributed by atoms with E-state index < -0.39 is 12.0 Å². The zero-order valence-corrected chi connectivity index (χ0v) is 26.1. The van der Waals surface area contributed by atoms with Crippen LogP contribution in [0.4, 0.5) is 0 Å². The molecule has 10 heteroatoms. The Bertz CT molecular complexity index is 2060. The lowest BCUT2D eigenvalue weighted by Gasteiger charge is -2.25. The Morgan fingerprint density at radius 3 is 2.39 bits per heavy atom. The molecule has 0 N–H and O–H groups in total. The van der Waals surface area contributed by atoms with Crippen LogP contribution >= 0.6 is 22.9 Å². The number of para-hydroxylation sites is 1. The van der Waals surface area contributed by atoms with E-state index in [1.165, 1.54) is 11.3 Å². The third-order valence-electron chi connectivity index (χ3n) is 7.18. The first-order valence-corrected chi connectivity index (χ1v) is 15.2. The van der Waals surface area contributed by atoms with Gasteiger partial charge in [0.25, 0.3) is 5.56 Å². The average Bonchev–Trinajstić information content (AvgIpc) is 3.57. The van der Waals surface area contributed by atoms with Crippen LogP contribution in [-0.2, 0) is 9.53 Å². The fourth-order valence-corrected chi connectivity index (χ4v) is 6.30. The number of esters is 1. The number of allylic oxidation sites excluding steroid dienone is 1. The number of carbonyl (C=O) groups is 1. The monoisotopic (exact) mass is 624 g/mol. The summed E-state index contributed by atoms with van der Waals surface area (Å²) in [5, 5.41) is 5.49. The molecular formula is C34H29ClN4O4S. The molecule has 6 rings (SSSR count). The van der Waals surface area contributed by atoms with Gasteiger partial charge in [-0.1, -0.05) is 65.4 Å². The second kappa shape index (κ2) is 12.1. The Labute approximate surface area is 262 Å². The van der Waals surface area contributed by atoms with Crippen molar-refractivity contribution in [1.82, 2.24) is 14.3 Å². The quantitative estimate of drug-likeness (QED) is 0.217. The van der Waals surface area contributed by atoms with Crippen LogP contribution in [-0.4, -0.2) is 33.5 Å². The van der Waals surface area contributed by atoms with Crippen molar-refractivity contribution in [2.24, 2.45) is 4.99 Å². The molecule has 3 aromatic carbocycles. The van der Waals surface area contributed by atoms with Gasteiger partial charge in [0.2, 0.25) is 0 Å². The van der Waals surface area contributed by atoms with Gasteiger partial charge < -0.3 is 9.47 Å². The van der Waals surface area contributed by atoms with Crippen LogP contribution in [0.3, 0.4) is 0 Å². The van der Waals surface area contributed by atoms with Gasteiger partial charge >= 0.3 is 5.97 Å². The molecule has 0 unspecified atom stereocenters. The number of fused-ring (bicyclic) bond motifs is 1. The van der Waals surface area contributed by atoms with E-state index in [-0.39, 0.29) is 11.7 Å². The van der Waals surface area contributed by atoms with Gasteiger partial charge in [-0.15, -0.1) is 0 Å². The van der Waals surface area contributed by atoms with Gasteiger partial charge in [-0.2, -0.15) is 5.10 Å². The van der Waals surface area contributed by atoms with E-state index in [1.807, 2.05) is 91.1 Å². The summed E-state index contributed by atoms with van der Waals surface area (Å²) >= 11 is 7.44. The summed E-state index contributed by atoms with van der Waals surface area (Å²) in [6, 6.07) is 23.8. The smallest absolute Gasteiger partial charge is 0.338 e. The fraction of sp³-hybridized carbons (Fsp3) is 0.176. The molecule has 0 fully saturated rings. The first kappa shape index (κ1) is 29.3. The van der Waals surface area contributed by atoms with Gasteiger partial charge in [0.1, 0.15) is 11.4 Å². The van der Waals surface area contributed by atoms with E-state index in [0.717, 1.165) is 22.4 Å². The van der Waals surface area contributed by atoms with Crippen LogP contribution in [0, 0.1) is 0 Å². The second-order valence-corrected chi connectivity index (χ2v) is 12.0. The third-order valence-corrected chi connectivity index (χ3v) is 8.42. The highest BCUT2D eigenvalue weighted by Gasteiger charge is 2.34. The normalized spacial score (nSPS) is 14.9. The number of halogens is 1. The predicted octanol–water partition coefficient (Wildman–Crippen LogP) is 5.70. The van der Waals surface area contributed by atoms with E-state index in [1.54, 1.807) is 37.1 Å². The number of ether oxygens (including phenoxy) is 2. The highest BCUT2D eigenvalue weighted by molar-refractivity contribution is 7.07. The summed E-state index contributed by atoms with van der Waals surface area (Å²) in [7, 11) is 1.59. The number of methoxy groups -OCH3 is 1. The maximum Gasteiger partial charge on any atom is 0.338 e. The van der Waals surface area contributed by atoms with Crippen molar-refractivity contribution in [2.45, 2.75) is 32.9 Å². The molecule has 1 aliphatic heterocycles. The summed E-state index contributed by atoms with van der Waals surface area (Å²) in [6.07, 6.45) is 3.39. The molecule has 0 aliphatic carbocycles. The minimum atomic E-state index is -0.728. The Hall–Kier alpha value is -4.73. The van der Waals surface area contributed by atoms with Gasteiger partial charge in [-0.05, 0) is 68.8 Å². The molecule has 1 atom stereocenters. The Morgan fingerprint density at radius 1 is 1.02 bits per heavy atom. The van der Waals surface area contributed by atoms with E-state index in [0.29, 0.717) is 37.1 Å². The van der Waals surface area contributed by atoms with E-state index in [4.69, 9.17) is 31.2 Å². The van der Waals surface area contributed by atoms with Gasteiger partial charge in [0.15, 0.2) is 4.80 Å². The molecule has 44 heavy (non-hydrogen) atoms. The van der Waals surface area contributed by atoms with Gasteiger partial charge in [-0.25, -0.2) is 14.5 Å². The summed E-state index contributed by atoms with van der Waals surface area (Å²) in [4.78, 5) is 32.8. The number of carbonyl (C=O) groups excluding carboxylic acids is 1. The number of nitrogens with zero attached hydrogens (tertiary/aromatic N) is 4. The van der Waals surface area contributed by atoms with Crippen LogP contribution in [0.1, 0.15) is 37.9 Å². The lowest BCUT2D eigenvalue weighted by atomic mass is 9.96. The van der Waals surface area contributed by atoms with Crippen LogP contribution in [0.5, 0.6) is 5.75 Å². The predicted molar refractivity (Wildman–Crippen MR) is 172 cm³/mol. The SMILES string of the molecule is COc1ccc([C@@H]2C(C(=O)OC(C)C)=C(C)N=c3s/c(=C\c4cn(-c5ccccc5)nc4-c4ccc(Cl)cc4)c(=O)n32)cc1. The first-order chi connectivity index (χ1) is 21.2. The highest BCUT2D eigenvalue weighted by atomic mass is 35.5. The second-order valence-electron chi connectivity index (χ2n) is 10.5. The molecule has 0 bridgehead atoms. The van der Waals surface area contributed by atoms with Gasteiger partial charge in [0, 0.05) is 22.3 Å². The fourth-order valence-electron chi connectivity index (χ4n) is 5.14. The maximum atomic E-state index is 14.2. The number of hydrogen-bond donors (Lipinski definition) is 0. The third kappa shape index (κ3) is 5.64. The van der Waals surface area contributed by atoms with E-state index in [9.17, 15) is 9.59 Å². The van der Waals surface area contributed by atoms with Crippen molar-refractivity contribution < 1.29 is 14.3 Å². The Morgan fingerprint density at radius 2 is 1.73 bits per heavy atom. The topological polar surface area (TPSA) is 87.7 Å². The molecule has 5 aromatic rings. The number of aromatic nitrogens is 3. The first-order valence-electron chi connectivity index (χ1n) is 14.0. The molecule has 0 saturated heterocycles. The molecule has 1 aliphatic rings. The standard InChI is InChI=1S/C34H29ClN4O4S/c1-20(2)43-33(41)29-21(3)36-34-39(31(29)23-12-16-27(42-4)17-13-23)32(40)28(44-34)18-24-19-38(26-8-6-5-7-9-26)37-30(24)22-10-14-25(35)15-11-22/h5-20,31H,1-4H3/b28-18-/t31-/m1/s1. The van der Waals surface area contributed by atoms with Crippen molar-refractivity contribution in [3.05, 3.63) is 132 Å². The Kier molecular flexibility index (Phi) is 8.07. The van der Waals surface area contributed by atoms with Crippen molar-refractivity contribution in [3.63, 3.8) is 0 Å². The molecule has 222 valence electrons. The van der Waals surface area contributed by atoms with Crippen molar-refractivity contribution in [2.75, 3.05) is 7.11 Å². The van der Waals surface area contributed by atoms with Crippen molar-refractivity contribution in [1.29, 1.82) is 0 Å². The number of hydrogen-bond acceptors (Lipinski definition) is 7. The number of benzene rings is 3. The van der Waals surface area contributed by atoms with Gasteiger partial charge in [-0.3, -0.25) is 9.36 Å². The summed E-state index contributed by atoms with van der Waals surface area (Å²) in [5.41, 5.74) is 4.47. The Balaban J connectivity index is 1.55. The van der Waals surface area contributed by atoms with E-state index in [2.05, 4.69) is 0 Å². The molecule has 0 saturated carbocycles. The molecule has 0 amide bonds. The molecule has 2 aromatic heterocycles. The summed E-state index contributed by atoms with van der Waals surface area (Å²) in [5.74, 6) is 0.156. The number of rotatable bonds is 7. The zero-order valence-electron chi connectivity index (χ0n) is 24.5. The zero-order chi connectivity index (χ0) is 31.0. The maximum absolute atomic E-state index is 14.2. The summed E-state index contributed by atoms with van der Waals surface area (Å²) < 4.78 is 14.8. The average molecular weight is 625 g/mol. The largest absolute Gasteiger partial charge is 0.497 e.